The fraction of sp³-hybridized carbons (Fsp3) is 0.619. The van der Waals surface area contributed by atoms with E-state index in [1.54, 1.807) is 0 Å². The Morgan fingerprint density at radius 1 is 1.34 bits per heavy atom. The van der Waals surface area contributed by atoms with Gasteiger partial charge in [0.2, 0.25) is 5.91 Å². The van der Waals surface area contributed by atoms with Crippen LogP contribution in [0.3, 0.4) is 0 Å². The van der Waals surface area contributed by atoms with Crippen molar-refractivity contribution in [3.8, 4) is 0 Å². The number of aliphatic hydroxyl groups excluding tert-OH is 1. The summed E-state index contributed by atoms with van der Waals surface area (Å²) in [7, 11) is 0. The van der Waals surface area contributed by atoms with Gasteiger partial charge in [-0.25, -0.2) is 0 Å². The van der Waals surface area contributed by atoms with Gasteiger partial charge in [-0.05, 0) is 43.4 Å². The van der Waals surface area contributed by atoms with Crippen LogP contribution < -0.4 is 5.32 Å². The van der Waals surface area contributed by atoms with Gasteiger partial charge in [-0.2, -0.15) is 0 Å². The molecule has 1 aromatic rings. The summed E-state index contributed by atoms with van der Waals surface area (Å²) in [4.78, 5) is 21.0. The number of benzene rings is 1. The van der Waals surface area contributed by atoms with Crippen molar-refractivity contribution >= 4 is 23.5 Å². The number of nitrogens with zero attached hydrogens (tertiary/aromatic N) is 3. The van der Waals surface area contributed by atoms with Gasteiger partial charge >= 0.3 is 0 Å². The van der Waals surface area contributed by atoms with Crippen molar-refractivity contribution in [2.45, 2.75) is 32.4 Å². The second-order valence-electron chi connectivity index (χ2n) is 7.69. The van der Waals surface area contributed by atoms with Gasteiger partial charge in [0.15, 0.2) is 5.96 Å². The van der Waals surface area contributed by atoms with Crippen LogP contribution in [0.4, 0.5) is 0 Å². The number of hydrogen-bond acceptors (Lipinski definition) is 4. The molecule has 1 aliphatic heterocycles. The van der Waals surface area contributed by atoms with E-state index in [0.29, 0.717) is 49.7 Å². The molecule has 1 saturated heterocycles. The van der Waals surface area contributed by atoms with Crippen LogP contribution in [-0.4, -0.2) is 78.8 Å². The van der Waals surface area contributed by atoms with Crippen LogP contribution >= 0.6 is 11.6 Å². The first kappa shape index (κ1) is 21.9. The van der Waals surface area contributed by atoms with Crippen LogP contribution in [0.15, 0.2) is 29.3 Å². The molecule has 29 heavy (non-hydrogen) atoms. The Hall–Kier alpha value is -1.83. The monoisotopic (exact) mass is 422 g/mol. The van der Waals surface area contributed by atoms with Gasteiger partial charge in [0, 0.05) is 37.8 Å². The number of halogens is 1. The first-order valence-electron chi connectivity index (χ1n) is 10.4. The van der Waals surface area contributed by atoms with Crippen molar-refractivity contribution in [1.82, 2.24) is 15.1 Å². The molecular weight excluding hydrogens is 392 g/mol. The van der Waals surface area contributed by atoms with Crippen molar-refractivity contribution in [2.75, 3.05) is 45.9 Å². The predicted molar refractivity (Wildman–Crippen MR) is 114 cm³/mol. The van der Waals surface area contributed by atoms with Gasteiger partial charge in [-0.15, -0.1) is 0 Å². The smallest absolute Gasteiger partial charge is 0.242 e. The third kappa shape index (κ3) is 7.17. The highest BCUT2D eigenvalue weighted by atomic mass is 35.5. The molecule has 1 atom stereocenters. The summed E-state index contributed by atoms with van der Waals surface area (Å²) in [6, 6.07) is 7.57. The Morgan fingerprint density at radius 2 is 2.10 bits per heavy atom. The first-order valence-corrected chi connectivity index (χ1v) is 10.7. The first-order chi connectivity index (χ1) is 14.0. The van der Waals surface area contributed by atoms with Crippen LogP contribution in [0.2, 0.25) is 5.02 Å². The average molecular weight is 423 g/mol. The molecule has 1 amide bonds. The summed E-state index contributed by atoms with van der Waals surface area (Å²) >= 11 is 5.93. The van der Waals surface area contributed by atoms with E-state index in [1.807, 2.05) is 41.0 Å². The standard InChI is InChI=1S/C21H31ClN4O3/c1-2-23-21(24-11-19(27)15-29-14-17-3-4-17)26-10-9-25(20(28)13-26)12-16-5-7-18(22)8-6-16/h5-8,17,19,27H,2-4,9-15H2,1H3,(H,23,24). The molecule has 8 heteroatoms. The molecule has 3 rings (SSSR count). The molecule has 2 fully saturated rings. The SMILES string of the molecule is CCNC(=NCC(O)COCC1CC1)N1CCN(Cc2ccc(Cl)cc2)C(=O)C1. The highest BCUT2D eigenvalue weighted by Crippen LogP contribution is 2.28. The summed E-state index contributed by atoms with van der Waals surface area (Å²) in [6.45, 7) is 6.14. The summed E-state index contributed by atoms with van der Waals surface area (Å²) in [6.07, 6.45) is 1.83. The molecule has 0 bridgehead atoms. The van der Waals surface area contributed by atoms with Crippen molar-refractivity contribution < 1.29 is 14.6 Å². The molecule has 1 aliphatic carbocycles. The van der Waals surface area contributed by atoms with Crippen LogP contribution in [0, 0.1) is 5.92 Å². The summed E-state index contributed by atoms with van der Waals surface area (Å²) in [5, 5.41) is 14.0. The molecule has 0 radical (unpaired) electrons. The number of guanidine groups is 1. The zero-order valence-electron chi connectivity index (χ0n) is 17.0. The van der Waals surface area contributed by atoms with Crippen LogP contribution in [0.1, 0.15) is 25.3 Å². The number of carbonyl (C=O) groups is 1. The van der Waals surface area contributed by atoms with Gasteiger partial charge in [0.05, 0.1) is 25.8 Å². The normalized spacial score (nSPS) is 18.9. The number of ether oxygens (including phenoxy) is 1. The summed E-state index contributed by atoms with van der Waals surface area (Å²) in [5.41, 5.74) is 1.06. The summed E-state index contributed by atoms with van der Waals surface area (Å²) in [5.74, 6) is 1.40. The number of aliphatic hydroxyl groups is 1. The Balaban J connectivity index is 1.49. The topological polar surface area (TPSA) is 77.4 Å². The third-order valence-corrected chi connectivity index (χ3v) is 5.30. The summed E-state index contributed by atoms with van der Waals surface area (Å²) < 4.78 is 5.53. The zero-order valence-corrected chi connectivity index (χ0v) is 17.8. The highest BCUT2D eigenvalue weighted by molar-refractivity contribution is 6.30. The van der Waals surface area contributed by atoms with Gasteiger partial charge in [-0.1, -0.05) is 23.7 Å². The van der Waals surface area contributed by atoms with E-state index in [1.165, 1.54) is 12.8 Å². The molecule has 1 heterocycles. The van der Waals surface area contributed by atoms with E-state index in [0.717, 1.165) is 12.2 Å². The third-order valence-electron chi connectivity index (χ3n) is 5.05. The molecule has 7 nitrogen and oxygen atoms in total. The minimum absolute atomic E-state index is 0.0603. The lowest BCUT2D eigenvalue weighted by Gasteiger charge is -2.36. The predicted octanol–water partition coefficient (Wildman–Crippen LogP) is 1.74. The molecule has 2 aliphatic rings. The van der Waals surface area contributed by atoms with Gasteiger partial charge < -0.3 is 25.0 Å². The van der Waals surface area contributed by atoms with E-state index >= 15 is 0 Å². The molecule has 1 aromatic carbocycles. The number of aliphatic imine (C=N–C) groups is 1. The molecule has 0 spiro atoms. The number of hydrogen-bond donors (Lipinski definition) is 2. The number of rotatable bonds is 9. The number of nitrogens with one attached hydrogen (secondary N) is 1. The van der Waals surface area contributed by atoms with Crippen LogP contribution in [0.25, 0.3) is 0 Å². The number of piperazine rings is 1. The second kappa shape index (κ2) is 10.8. The minimum atomic E-state index is -0.635. The Bertz CT molecular complexity index is 694. The lowest BCUT2D eigenvalue weighted by molar-refractivity contribution is -0.135. The van der Waals surface area contributed by atoms with E-state index in [4.69, 9.17) is 16.3 Å². The number of amides is 1. The zero-order chi connectivity index (χ0) is 20.6. The van der Waals surface area contributed by atoms with Gasteiger partial charge in [0.1, 0.15) is 0 Å². The maximum absolute atomic E-state index is 12.6. The maximum Gasteiger partial charge on any atom is 0.242 e. The number of carbonyl (C=O) groups excluding carboxylic acids is 1. The van der Waals surface area contributed by atoms with E-state index in [-0.39, 0.29) is 19.0 Å². The van der Waals surface area contributed by atoms with Crippen molar-refractivity contribution in [3.63, 3.8) is 0 Å². The van der Waals surface area contributed by atoms with Crippen molar-refractivity contribution in [1.29, 1.82) is 0 Å². The fourth-order valence-electron chi connectivity index (χ4n) is 3.19. The molecular formula is C21H31ClN4O3. The Kier molecular flexibility index (Phi) is 8.15. The Labute approximate surface area is 177 Å². The van der Waals surface area contributed by atoms with Crippen LogP contribution in [-0.2, 0) is 16.1 Å². The molecule has 1 saturated carbocycles. The van der Waals surface area contributed by atoms with Crippen molar-refractivity contribution in [2.24, 2.45) is 10.9 Å². The highest BCUT2D eigenvalue weighted by Gasteiger charge is 2.26. The Morgan fingerprint density at radius 3 is 2.76 bits per heavy atom. The van der Waals surface area contributed by atoms with Gasteiger partial charge in [0.25, 0.3) is 0 Å². The van der Waals surface area contributed by atoms with Crippen molar-refractivity contribution in [3.05, 3.63) is 34.9 Å². The minimum Gasteiger partial charge on any atom is -0.389 e. The van der Waals surface area contributed by atoms with E-state index < -0.39 is 6.10 Å². The van der Waals surface area contributed by atoms with Crippen LogP contribution in [0.5, 0.6) is 0 Å². The molecule has 2 N–H and O–H groups in total. The largest absolute Gasteiger partial charge is 0.389 e. The maximum atomic E-state index is 12.6. The van der Waals surface area contributed by atoms with Gasteiger partial charge in [-0.3, -0.25) is 9.79 Å². The molecule has 160 valence electrons. The second-order valence-corrected chi connectivity index (χ2v) is 8.13. The lowest BCUT2D eigenvalue weighted by atomic mass is 10.2. The quantitative estimate of drug-likeness (QED) is 0.468. The van der Waals surface area contributed by atoms with E-state index in [2.05, 4.69) is 10.3 Å². The lowest BCUT2D eigenvalue weighted by Crippen LogP contribution is -2.55. The fourth-order valence-corrected chi connectivity index (χ4v) is 3.32. The average Bonchev–Trinajstić information content (AvgIpc) is 3.53. The molecule has 0 aromatic heterocycles. The van der Waals surface area contributed by atoms with E-state index in [9.17, 15) is 9.90 Å². The molecule has 1 unspecified atom stereocenters.